The summed E-state index contributed by atoms with van der Waals surface area (Å²) in [7, 11) is 0. The van der Waals surface area contributed by atoms with E-state index in [0.29, 0.717) is 19.5 Å². The first-order chi connectivity index (χ1) is 11.2. The van der Waals surface area contributed by atoms with Crippen LogP contribution in [0.15, 0.2) is 42.5 Å². The number of hydrogen-bond acceptors (Lipinski definition) is 4. The molecule has 0 bridgehead atoms. The predicted molar refractivity (Wildman–Crippen MR) is 92.3 cm³/mol. The lowest BCUT2D eigenvalue weighted by Crippen LogP contribution is -2.48. The third kappa shape index (κ3) is 5.63. The number of nitrogens with zero attached hydrogens (tertiary/aromatic N) is 1. The molecule has 6 heteroatoms. The summed E-state index contributed by atoms with van der Waals surface area (Å²) in [6.07, 6.45) is 5.93. The van der Waals surface area contributed by atoms with Crippen LogP contribution in [0.1, 0.15) is 12.0 Å². The smallest absolute Gasteiger partial charge is 0.408 e. The van der Waals surface area contributed by atoms with Gasteiger partial charge in [0.15, 0.2) is 0 Å². The van der Waals surface area contributed by atoms with E-state index in [1.807, 2.05) is 48.7 Å². The van der Waals surface area contributed by atoms with Crippen LogP contribution in [-0.4, -0.2) is 48.0 Å². The van der Waals surface area contributed by atoms with Gasteiger partial charge >= 0.3 is 6.09 Å². The fraction of sp³-hybridized carbons (Fsp3) is 0.412. The normalized spacial score (nSPS) is 14.6. The third-order valence-electron chi connectivity index (χ3n) is 3.54. The number of rotatable bonds is 7. The highest BCUT2D eigenvalue weighted by Crippen LogP contribution is 2.09. The van der Waals surface area contributed by atoms with E-state index in [1.54, 1.807) is 16.7 Å². The molecule has 23 heavy (non-hydrogen) atoms. The van der Waals surface area contributed by atoms with Gasteiger partial charge in [0, 0.05) is 13.1 Å². The fourth-order valence-electron chi connectivity index (χ4n) is 2.28. The number of alkyl carbamates (subject to hydrolysis) is 1. The van der Waals surface area contributed by atoms with Crippen molar-refractivity contribution in [3.8, 4) is 0 Å². The monoisotopic (exact) mass is 334 g/mol. The lowest BCUT2D eigenvalue weighted by atomic mass is 10.2. The quantitative estimate of drug-likeness (QED) is 0.778. The highest BCUT2D eigenvalue weighted by Gasteiger charge is 2.26. The molecule has 0 aromatic heterocycles. The van der Waals surface area contributed by atoms with Gasteiger partial charge in [0.1, 0.15) is 12.6 Å². The van der Waals surface area contributed by atoms with Crippen LogP contribution in [0.5, 0.6) is 0 Å². The minimum Gasteiger partial charge on any atom is -0.445 e. The Morgan fingerprint density at radius 3 is 2.61 bits per heavy atom. The highest BCUT2D eigenvalue weighted by atomic mass is 32.2. The average Bonchev–Trinajstić information content (AvgIpc) is 3.11. The molecule has 1 N–H and O–H groups in total. The largest absolute Gasteiger partial charge is 0.445 e. The van der Waals surface area contributed by atoms with E-state index < -0.39 is 12.1 Å². The number of carbonyl (C=O) groups excluding carboxylic acids is 2. The van der Waals surface area contributed by atoms with Crippen molar-refractivity contribution < 1.29 is 14.3 Å². The molecule has 0 aliphatic carbocycles. The second kappa shape index (κ2) is 9.25. The first-order valence-electron chi connectivity index (χ1n) is 7.60. The fourth-order valence-corrected chi connectivity index (χ4v) is 2.75. The van der Waals surface area contributed by atoms with E-state index in [9.17, 15) is 9.59 Å². The zero-order chi connectivity index (χ0) is 16.5. The van der Waals surface area contributed by atoms with Gasteiger partial charge in [-0.3, -0.25) is 4.79 Å². The highest BCUT2D eigenvalue weighted by molar-refractivity contribution is 7.98. The topological polar surface area (TPSA) is 58.6 Å². The zero-order valence-corrected chi connectivity index (χ0v) is 14.1. The Bertz CT molecular complexity index is 540. The van der Waals surface area contributed by atoms with Crippen molar-refractivity contribution in [2.75, 3.05) is 25.1 Å². The molecule has 1 atom stereocenters. The molecular formula is C17H22N2O3S. The van der Waals surface area contributed by atoms with Crippen molar-refractivity contribution in [2.24, 2.45) is 0 Å². The second-order valence-electron chi connectivity index (χ2n) is 5.25. The van der Waals surface area contributed by atoms with Gasteiger partial charge < -0.3 is 15.0 Å². The Balaban J connectivity index is 1.85. The summed E-state index contributed by atoms with van der Waals surface area (Å²) in [5.74, 6) is 0.747. The average molecular weight is 334 g/mol. The zero-order valence-electron chi connectivity index (χ0n) is 13.2. The van der Waals surface area contributed by atoms with Gasteiger partial charge in [0.25, 0.3) is 0 Å². The van der Waals surface area contributed by atoms with Crippen LogP contribution >= 0.6 is 11.8 Å². The summed E-state index contributed by atoms with van der Waals surface area (Å²) < 4.78 is 5.21. The van der Waals surface area contributed by atoms with Crippen LogP contribution in [0.25, 0.3) is 0 Å². The standard InChI is InChI=1S/C17H22N2O3S/c1-23-12-9-15(16(20)19-10-5-6-11-19)18-17(21)22-13-14-7-3-2-4-8-14/h2-8,15H,9-13H2,1H3,(H,18,21)/t15-/m0/s1. The van der Waals surface area contributed by atoms with E-state index >= 15 is 0 Å². The lowest BCUT2D eigenvalue weighted by Gasteiger charge is -2.23. The van der Waals surface area contributed by atoms with E-state index in [4.69, 9.17) is 4.74 Å². The summed E-state index contributed by atoms with van der Waals surface area (Å²) in [4.78, 5) is 26.2. The van der Waals surface area contributed by atoms with Crippen LogP contribution in [-0.2, 0) is 16.1 Å². The molecule has 5 nitrogen and oxygen atoms in total. The van der Waals surface area contributed by atoms with Crippen molar-refractivity contribution in [3.05, 3.63) is 48.0 Å². The van der Waals surface area contributed by atoms with Crippen molar-refractivity contribution in [2.45, 2.75) is 19.1 Å². The Labute approximate surface area is 141 Å². The minimum atomic E-state index is -0.555. The van der Waals surface area contributed by atoms with E-state index in [1.165, 1.54) is 0 Å². The van der Waals surface area contributed by atoms with Crippen molar-refractivity contribution in [1.29, 1.82) is 0 Å². The Kier molecular flexibility index (Phi) is 7.00. The van der Waals surface area contributed by atoms with Gasteiger partial charge in [-0.2, -0.15) is 11.8 Å². The molecule has 0 spiro atoms. The Morgan fingerprint density at radius 2 is 1.96 bits per heavy atom. The minimum absolute atomic E-state index is 0.0549. The first kappa shape index (κ1) is 17.4. The molecule has 124 valence electrons. The molecule has 0 fully saturated rings. The van der Waals surface area contributed by atoms with Gasteiger partial charge in [-0.1, -0.05) is 42.5 Å². The van der Waals surface area contributed by atoms with Gasteiger partial charge in [-0.25, -0.2) is 4.79 Å². The van der Waals surface area contributed by atoms with Crippen LogP contribution in [0.3, 0.4) is 0 Å². The molecule has 1 aliphatic heterocycles. The summed E-state index contributed by atoms with van der Waals surface area (Å²) in [5, 5.41) is 2.71. The number of hydrogen-bond donors (Lipinski definition) is 1. The predicted octanol–water partition coefficient (Wildman–Crippen LogP) is 2.43. The third-order valence-corrected chi connectivity index (χ3v) is 4.19. The number of carbonyl (C=O) groups is 2. The van der Waals surface area contributed by atoms with Gasteiger partial charge in [0.05, 0.1) is 0 Å². The Hall–Kier alpha value is -1.95. The molecule has 0 saturated carbocycles. The number of ether oxygens (including phenoxy) is 1. The SMILES string of the molecule is CSCC[C@H](NC(=O)OCc1ccccc1)C(=O)N1CC=CC1. The van der Waals surface area contributed by atoms with Crippen LogP contribution in [0.2, 0.25) is 0 Å². The molecule has 2 rings (SSSR count). The first-order valence-corrected chi connectivity index (χ1v) is 9.00. The maximum Gasteiger partial charge on any atom is 0.408 e. The van der Waals surface area contributed by atoms with E-state index in [-0.39, 0.29) is 12.5 Å². The molecule has 1 aromatic rings. The van der Waals surface area contributed by atoms with Crippen LogP contribution in [0, 0.1) is 0 Å². The maximum atomic E-state index is 12.5. The van der Waals surface area contributed by atoms with E-state index in [2.05, 4.69) is 5.32 Å². The van der Waals surface area contributed by atoms with Crippen molar-refractivity contribution in [1.82, 2.24) is 10.2 Å². The second-order valence-corrected chi connectivity index (χ2v) is 6.24. The summed E-state index contributed by atoms with van der Waals surface area (Å²) in [5.41, 5.74) is 0.915. The van der Waals surface area contributed by atoms with Crippen LogP contribution in [0.4, 0.5) is 4.79 Å². The molecule has 1 aliphatic rings. The van der Waals surface area contributed by atoms with Crippen LogP contribution < -0.4 is 5.32 Å². The molecule has 2 amide bonds. The number of nitrogens with one attached hydrogen (secondary N) is 1. The molecule has 0 radical (unpaired) electrons. The molecular weight excluding hydrogens is 312 g/mol. The van der Waals surface area contributed by atoms with Gasteiger partial charge in [0.2, 0.25) is 5.91 Å². The van der Waals surface area contributed by atoms with Gasteiger partial charge in [-0.15, -0.1) is 0 Å². The summed E-state index contributed by atoms with van der Waals surface area (Å²) in [6.45, 7) is 1.41. The van der Waals surface area contributed by atoms with E-state index in [0.717, 1.165) is 11.3 Å². The number of amides is 2. The Morgan fingerprint density at radius 1 is 1.26 bits per heavy atom. The van der Waals surface area contributed by atoms with Gasteiger partial charge in [-0.05, 0) is 24.0 Å². The number of thioether (sulfide) groups is 1. The molecule has 1 aromatic carbocycles. The lowest BCUT2D eigenvalue weighted by molar-refractivity contribution is -0.132. The molecule has 0 saturated heterocycles. The summed E-state index contributed by atoms with van der Waals surface area (Å²) in [6, 6.07) is 8.93. The van der Waals surface area contributed by atoms with Crippen molar-refractivity contribution in [3.63, 3.8) is 0 Å². The molecule has 1 heterocycles. The summed E-state index contributed by atoms with van der Waals surface area (Å²) >= 11 is 1.65. The number of benzene rings is 1. The molecule has 0 unspecified atom stereocenters. The maximum absolute atomic E-state index is 12.5. The van der Waals surface area contributed by atoms with Crippen molar-refractivity contribution >= 4 is 23.8 Å².